The largest absolute Gasteiger partial charge is 0.508 e. The first-order valence-electron chi connectivity index (χ1n) is 5.82. The number of anilines is 1. The molecule has 1 aromatic heterocycles. The third-order valence-electron chi connectivity index (χ3n) is 3.15. The van der Waals surface area contributed by atoms with Crippen LogP contribution < -0.4 is 5.32 Å². The summed E-state index contributed by atoms with van der Waals surface area (Å²) >= 11 is 0. The Morgan fingerprint density at radius 2 is 2.18 bits per heavy atom. The molecular formula is C14H14N2O. The summed E-state index contributed by atoms with van der Waals surface area (Å²) < 4.78 is 0. The molecule has 2 aromatic rings. The number of fused-ring (bicyclic) bond motifs is 1. The zero-order valence-electron chi connectivity index (χ0n) is 9.43. The molecule has 86 valence electrons. The van der Waals surface area contributed by atoms with Crippen molar-refractivity contribution in [3.63, 3.8) is 0 Å². The summed E-state index contributed by atoms with van der Waals surface area (Å²) in [5.74, 6) is 0.286. The van der Waals surface area contributed by atoms with Crippen LogP contribution in [0.15, 0.2) is 42.6 Å². The molecule has 1 heterocycles. The lowest BCUT2D eigenvalue weighted by Gasteiger charge is -2.14. The number of hydrogen-bond donors (Lipinski definition) is 2. The Hall–Kier alpha value is -2.03. The maximum absolute atomic E-state index is 9.43. The molecule has 3 rings (SSSR count). The fraction of sp³-hybridized carbons (Fsp3) is 0.214. The van der Waals surface area contributed by atoms with Gasteiger partial charge in [0.2, 0.25) is 0 Å². The molecule has 3 nitrogen and oxygen atoms in total. The average molecular weight is 226 g/mol. The zero-order chi connectivity index (χ0) is 11.7. The zero-order valence-corrected chi connectivity index (χ0v) is 9.43. The molecule has 0 radical (unpaired) electrons. The maximum atomic E-state index is 9.43. The Kier molecular flexibility index (Phi) is 2.44. The predicted molar refractivity (Wildman–Crippen MR) is 67.0 cm³/mol. The van der Waals surface area contributed by atoms with Gasteiger partial charge < -0.3 is 10.4 Å². The number of benzene rings is 1. The Bertz CT molecular complexity index is 539. The van der Waals surface area contributed by atoms with E-state index in [1.165, 1.54) is 5.56 Å². The van der Waals surface area contributed by atoms with E-state index in [9.17, 15) is 5.11 Å². The third-order valence-corrected chi connectivity index (χ3v) is 3.15. The quantitative estimate of drug-likeness (QED) is 0.827. The Morgan fingerprint density at radius 1 is 1.24 bits per heavy atom. The van der Waals surface area contributed by atoms with E-state index in [1.54, 1.807) is 12.1 Å². The number of nitrogens with one attached hydrogen (secondary N) is 1. The first kappa shape index (κ1) is 10.1. The Morgan fingerprint density at radius 3 is 3.06 bits per heavy atom. The molecular weight excluding hydrogens is 212 g/mol. The summed E-state index contributed by atoms with van der Waals surface area (Å²) in [5, 5.41) is 12.8. The molecule has 0 amide bonds. The molecule has 1 aromatic carbocycles. The second kappa shape index (κ2) is 4.09. The number of rotatable bonds is 2. The van der Waals surface area contributed by atoms with Crippen molar-refractivity contribution < 1.29 is 5.11 Å². The second-order valence-electron chi connectivity index (χ2n) is 4.33. The van der Waals surface area contributed by atoms with Crippen molar-refractivity contribution in [3.8, 4) is 5.75 Å². The number of pyridine rings is 1. The lowest BCUT2D eigenvalue weighted by Crippen LogP contribution is -2.08. The van der Waals surface area contributed by atoms with Crippen LogP contribution in [0.1, 0.15) is 23.7 Å². The summed E-state index contributed by atoms with van der Waals surface area (Å²) in [6, 6.07) is 11.6. The van der Waals surface area contributed by atoms with Gasteiger partial charge in [-0.3, -0.25) is 4.98 Å². The molecule has 2 N–H and O–H groups in total. The van der Waals surface area contributed by atoms with Crippen molar-refractivity contribution in [1.82, 2.24) is 4.98 Å². The van der Waals surface area contributed by atoms with Gasteiger partial charge in [0, 0.05) is 18.0 Å². The lowest BCUT2D eigenvalue weighted by atomic mass is 10.2. The van der Waals surface area contributed by atoms with Crippen LogP contribution >= 0.6 is 0 Å². The molecule has 0 saturated heterocycles. The highest BCUT2D eigenvalue weighted by molar-refractivity contribution is 5.50. The number of hydrogen-bond acceptors (Lipinski definition) is 3. The topological polar surface area (TPSA) is 45.1 Å². The molecule has 0 saturated carbocycles. The Balaban J connectivity index is 1.84. The van der Waals surface area contributed by atoms with Gasteiger partial charge in [0.1, 0.15) is 5.75 Å². The van der Waals surface area contributed by atoms with Gasteiger partial charge in [-0.05, 0) is 36.6 Å². The van der Waals surface area contributed by atoms with E-state index in [2.05, 4.69) is 16.4 Å². The van der Waals surface area contributed by atoms with Crippen LogP contribution in [-0.4, -0.2) is 10.1 Å². The predicted octanol–water partition coefficient (Wildman–Crippen LogP) is 2.89. The van der Waals surface area contributed by atoms with Crippen molar-refractivity contribution in [2.75, 3.05) is 5.32 Å². The minimum absolute atomic E-state index is 0.257. The number of aromatic hydroxyl groups is 1. The van der Waals surface area contributed by atoms with Crippen LogP contribution in [0.3, 0.4) is 0 Å². The molecule has 1 unspecified atom stereocenters. The molecule has 0 fully saturated rings. The molecule has 0 spiro atoms. The van der Waals surface area contributed by atoms with E-state index in [-0.39, 0.29) is 11.8 Å². The highest BCUT2D eigenvalue weighted by atomic mass is 16.3. The third kappa shape index (κ3) is 1.96. The van der Waals surface area contributed by atoms with Gasteiger partial charge in [-0.15, -0.1) is 0 Å². The van der Waals surface area contributed by atoms with Crippen LogP contribution in [-0.2, 0) is 6.42 Å². The SMILES string of the molecule is Oc1cccc(NC2CCc3cccnc32)c1. The fourth-order valence-corrected chi connectivity index (χ4v) is 2.35. The summed E-state index contributed by atoms with van der Waals surface area (Å²) in [4.78, 5) is 4.43. The molecule has 17 heavy (non-hydrogen) atoms. The Labute approximate surface area is 100 Å². The number of phenolic OH excluding ortho intramolecular Hbond substituents is 1. The molecule has 3 heteroatoms. The summed E-state index contributed by atoms with van der Waals surface area (Å²) in [7, 11) is 0. The molecule has 1 aliphatic rings. The first-order chi connectivity index (χ1) is 8.33. The minimum Gasteiger partial charge on any atom is -0.508 e. The van der Waals surface area contributed by atoms with E-state index in [4.69, 9.17) is 0 Å². The summed E-state index contributed by atoms with van der Waals surface area (Å²) in [6.07, 6.45) is 3.96. The smallest absolute Gasteiger partial charge is 0.117 e. The van der Waals surface area contributed by atoms with E-state index in [0.717, 1.165) is 24.2 Å². The summed E-state index contributed by atoms with van der Waals surface area (Å²) in [6.45, 7) is 0. The van der Waals surface area contributed by atoms with Crippen LogP contribution in [0.25, 0.3) is 0 Å². The van der Waals surface area contributed by atoms with Gasteiger partial charge >= 0.3 is 0 Å². The van der Waals surface area contributed by atoms with Crippen LogP contribution in [0, 0.1) is 0 Å². The standard InChI is InChI=1S/C14H14N2O/c17-12-5-1-4-11(9-12)16-13-7-6-10-3-2-8-15-14(10)13/h1-5,8-9,13,16-17H,6-7H2. The highest BCUT2D eigenvalue weighted by Gasteiger charge is 2.23. The van der Waals surface area contributed by atoms with Crippen LogP contribution in [0.4, 0.5) is 5.69 Å². The van der Waals surface area contributed by atoms with Gasteiger partial charge in [0.05, 0.1) is 11.7 Å². The van der Waals surface area contributed by atoms with E-state index in [0.29, 0.717) is 0 Å². The molecule has 1 aliphatic carbocycles. The lowest BCUT2D eigenvalue weighted by molar-refractivity contribution is 0.475. The molecule has 0 aliphatic heterocycles. The van der Waals surface area contributed by atoms with E-state index >= 15 is 0 Å². The van der Waals surface area contributed by atoms with Gasteiger partial charge in [0.25, 0.3) is 0 Å². The van der Waals surface area contributed by atoms with E-state index < -0.39 is 0 Å². The minimum atomic E-state index is 0.257. The van der Waals surface area contributed by atoms with Gasteiger partial charge in [0.15, 0.2) is 0 Å². The van der Waals surface area contributed by atoms with Crippen molar-refractivity contribution >= 4 is 5.69 Å². The van der Waals surface area contributed by atoms with Crippen LogP contribution in [0.5, 0.6) is 5.75 Å². The van der Waals surface area contributed by atoms with Gasteiger partial charge in [-0.2, -0.15) is 0 Å². The molecule has 1 atom stereocenters. The van der Waals surface area contributed by atoms with Crippen molar-refractivity contribution in [3.05, 3.63) is 53.9 Å². The number of aryl methyl sites for hydroxylation is 1. The number of nitrogens with zero attached hydrogens (tertiary/aromatic N) is 1. The number of phenols is 1. The van der Waals surface area contributed by atoms with Crippen molar-refractivity contribution in [2.45, 2.75) is 18.9 Å². The van der Waals surface area contributed by atoms with Gasteiger partial charge in [-0.1, -0.05) is 12.1 Å². The highest BCUT2D eigenvalue weighted by Crippen LogP contribution is 2.32. The molecule has 0 bridgehead atoms. The monoisotopic (exact) mass is 226 g/mol. The first-order valence-corrected chi connectivity index (χ1v) is 5.82. The van der Waals surface area contributed by atoms with Gasteiger partial charge in [-0.25, -0.2) is 0 Å². The van der Waals surface area contributed by atoms with Crippen molar-refractivity contribution in [2.24, 2.45) is 0 Å². The maximum Gasteiger partial charge on any atom is 0.117 e. The normalized spacial score (nSPS) is 17.8. The van der Waals surface area contributed by atoms with E-state index in [1.807, 2.05) is 24.4 Å². The summed E-state index contributed by atoms with van der Waals surface area (Å²) in [5.41, 5.74) is 3.40. The fourth-order valence-electron chi connectivity index (χ4n) is 2.35. The number of aromatic nitrogens is 1. The second-order valence-corrected chi connectivity index (χ2v) is 4.33. The van der Waals surface area contributed by atoms with Crippen molar-refractivity contribution in [1.29, 1.82) is 0 Å². The van der Waals surface area contributed by atoms with Crippen LogP contribution in [0.2, 0.25) is 0 Å². The average Bonchev–Trinajstić information content (AvgIpc) is 2.73.